The Morgan fingerprint density at radius 3 is 2.64 bits per heavy atom. The van der Waals surface area contributed by atoms with Gasteiger partial charge in [0.25, 0.3) is 0 Å². The molecule has 0 spiro atoms. The van der Waals surface area contributed by atoms with Crippen LogP contribution >= 0.6 is 15.9 Å². The second-order valence-electron chi connectivity index (χ2n) is 9.52. The number of halogens is 2. The van der Waals surface area contributed by atoms with Gasteiger partial charge >= 0.3 is 12.0 Å². The second-order valence-corrected chi connectivity index (χ2v) is 10.4. The minimum Gasteiger partial charge on any atom is -0.490 e. The first-order valence-corrected chi connectivity index (χ1v) is 14.4. The van der Waals surface area contributed by atoms with Gasteiger partial charge in [0, 0.05) is 5.70 Å². The van der Waals surface area contributed by atoms with Crippen molar-refractivity contribution >= 4 is 34.1 Å². The van der Waals surface area contributed by atoms with E-state index in [4.69, 9.17) is 18.9 Å². The molecule has 4 rings (SSSR count). The molecule has 0 aromatic heterocycles. The topological polar surface area (TPSA) is 140 Å². The highest BCUT2D eigenvalue weighted by molar-refractivity contribution is 9.10. The summed E-state index contributed by atoms with van der Waals surface area (Å²) in [5, 5.41) is 19.8. The van der Waals surface area contributed by atoms with Crippen LogP contribution in [0.1, 0.15) is 36.6 Å². The Morgan fingerprint density at radius 2 is 1.91 bits per heavy atom. The van der Waals surface area contributed by atoms with E-state index in [1.165, 1.54) is 25.5 Å². The maximum Gasteiger partial charge on any atom is 0.337 e. The van der Waals surface area contributed by atoms with Crippen molar-refractivity contribution in [2.75, 3.05) is 20.3 Å². The van der Waals surface area contributed by atoms with Gasteiger partial charge in [-0.2, -0.15) is 5.10 Å². The minimum absolute atomic E-state index is 0.163. The summed E-state index contributed by atoms with van der Waals surface area (Å²) in [6, 6.07) is 15.3. The molecular formula is C31H32BrFN4O7. The van der Waals surface area contributed by atoms with E-state index in [0.29, 0.717) is 45.2 Å². The molecule has 2 atom stereocenters. The minimum atomic E-state index is -1.15. The molecule has 1 heterocycles. The Kier molecular flexibility index (Phi) is 11.2. The number of amides is 2. The first-order chi connectivity index (χ1) is 21.2. The van der Waals surface area contributed by atoms with Gasteiger partial charge in [0.15, 0.2) is 17.7 Å². The van der Waals surface area contributed by atoms with Crippen LogP contribution in [-0.4, -0.2) is 49.9 Å². The molecule has 0 bridgehead atoms. The van der Waals surface area contributed by atoms with Gasteiger partial charge in [-0.3, -0.25) is 5.43 Å². The average Bonchev–Trinajstić information content (AvgIpc) is 2.99. The van der Waals surface area contributed by atoms with Crippen LogP contribution in [0.3, 0.4) is 0 Å². The largest absolute Gasteiger partial charge is 0.490 e. The lowest BCUT2D eigenvalue weighted by Crippen LogP contribution is -2.45. The lowest BCUT2D eigenvalue weighted by molar-refractivity contribution is -0.136. The molecule has 0 saturated heterocycles. The number of hydrazone groups is 1. The van der Waals surface area contributed by atoms with Gasteiger partial charge in [-0.1, -0.05) is 18.2 Å². The number of benzene rings is 3. The number of allylic oxidation sites excluding steroid dienone is 1. The summed E-state index contributed by atoms with van der Waals surface area (Å²) < 4.78 is 36.2. The first kappa shape index (κ1) is 32.3. The number of urea groups is 1. The van der Waals surface area contributed by atoms with Crippen molar-refractivity contribution in [3.8, 4) is 17.2 Å². The van der Waals surface area contributed by atoms with Gasteiger partial charge in [-0.25, -0.2) is 14.0 Å². The number of ether oxygens (including phenoxy) is 4. The molecule has 1 aliphatic heterocycles. The quantitative estimate of drug-likeness (QED) is 0.0889. The molecule has 3 aromatic rings. The molecule has 0 radical (unpaired) electrons. The van der Waals surface area contributed by atoms with Crippen molar-refractivity contribution in [1.29, 1.82) is 0 Å². The number of hydrogen-bond acceptors (Lipinski definition) is 9. The van der Waals surface area contributed by atoms with Crippen LogP contribution in [0, 0.1) is 5.82 Å². The van der Waals surface area contributed by atoms with Crippen molar-refractivity contribution in [2.24, 2.45) is 5.10 Å². The molecule has 0 saturated carbocycles. The summed E-state index contributed by atoms with van der Waals surface area (Å²) in [4.78, 5) is 24.6. The summed E-state index contributed by atoms with van der Waals surface area (Å²) in [6.07, 6.45) is 0.366. The zero-order valence-electron chi connectivity index (χ0n) is 24.2. The number of rotatable bonds is 13. The van der Waals surface area contributed by atoms with Crippen LogP contribution in [0.25, 0.3) is 0 Å². The van der Waals surface area contributed by atoms with Crippen LogP contribution in [0.2, 0.25) is 0 Å². The molecule has 0 unspecified atom stereocenters. The zero-order valence-corrected chi connectivity index (χ0v) is 25.8. The molecule has 11 nitrogen and oxygen atoms in total. The number of carbonyl (C=O) groups excluding carboxylic acids is 2. The third-order valence-electron chi connectivity index (χ3n) is 6.35. The average molecular weight is 672 g/mol. The monoisotopic (exact) mass is 670 g/mol. The van der Waals surface area contributed by atoms with Crippen molar-refractivity contribution in [3.63, 3.8) is 0 Å². The summed E-state index contributed by atoms with van der Waals surface area (Å²) in [7, 11) is 1.27. The molecule has 1 aliphatic rings. The van der Waals surface area contributed by atoms with Gasteiger partial charge in [0.2, 0.25) is 0 Å². The number of hydrogen-bond donors (Lipinski definition) is 4. The van der Waals surface area contributed by atoms with Crippen LogP contribution < -0.4 is 30.3 Å². The van der Waals surface area contributed by atoms with E-state index >= 15 is 0 Å². The van der Waals surface area contributed by atoms with E-state index in [9.17, 15) is 19.1 Å². The Labute approximate surface area is 262 Å². The summed E-state index contributed by atoms with van der Waals surface area (Å²) >= 11 is 3.46. The van der Waals surface area contributed by atoms with E-state index in [1.54, 1.807) is 62.4 Å². The van der Waals surface area contributed by atoms with E-state index in [2.05, 4.69) is 37.1 Å². The number of aliphatic hydroxyl groups excluding tert-OH is 1. The van der Waals surface area contributed by atoms with Crippen molar-refractivity contribution in [3.05, 3.63) is 98.9 Å². The third kappa shape index (κ3) is 8.48. The number of carbonyl (C=O) groups is 2. The van der Waals surface area contributed by atoms with E-state index in [-0.39, 0.29) is 24.6 Å². The van der Waals surface area contributed by atoms with E-state index < -0.39 is 24.3 Å². The van der Waals surface area contributed by atoms with Crippen LogP contribution in [0.5, 0.6) is 17.2 Å². The molecule has 13 heteroatoms. The number of aliphatic hydroxyl groups is 1. The normalized spacial score (nSPS) is 15.3. The Balaban J connectivity index is 1.34. The SMILES string of the molecule is CCOc1cc([C@@H]2NC(=O)NC(C)=C2C(=O)OC)ccc1OC[C@@H](O)N/N=C\c1ccc(OCc2cccc(F)c2)c(Br)c1. The Morgan fingerprint density at radius 1 is 1.11 bits per heavy atom. The van der Waals surface area contributed by atoms with E-state index in [0.717, 1.165) is 5.56 Å². The fourth-order valence-electron chi connectivity index (χ4n) is 4.32. The van der Waals surface area contributed by atoms with Gasteiger partial charge in [-0.05, 0) is 88.9 Å². The number of methoxy groups -OCH3 is 1. The second kappa shape index (κ2) is 15.2. The molecule has 0 aliphatic carbocycles. The lowest BCUT2D eigenvalue weighted by atomic mass is 9.95. The highest BCUT2D eigenvalue weighted by Gasteiger charge is 2.32. The fraction of sp³-hybridized carbons (Fsp3) is 0.258. The molecule has 44 heavy (non-hydrogen) atoms. The van der Waals surface area contributed by atoms with Crippen LogP contribution in [0.4, 0.5) is 9.18 Å². The van der Waals surface area contributed by atoms with Gasteiger partial charge in [0.1, 0.15) is 24.8 Å². The van der Waals surface area contributed by atoms with Crippen LogP contribution in [-0.2, 0) is 16.1 Å². The summed E-state index contributed by atoms with van der Waals surface area (Å²) in [5.74, 6) is 0.389. The van der Waals surface area contributed by atoms with Crippen molar-refractivity contribution in [2.45, 2.75) is 32.7 Å². The molecular weight excluding hydrogens is 639 g/mol. The Bertz CT molecular complexity index is 1570. The maximum atomic E-state index is 13.4. The number of nitrogens with zero attached hydrogens (tertiary/aromatic N) is 1. The molecule has 3 aromatic carbocycles. The van der Waals surface area contributed by atoms with Gasteiger partial charge in [-0.15, -0.1) is 0 Å². The predicted molar refractivity (Wildman–Crippen MR) is 164 cm³/mol. The maximum absolute atomic E-state index is 13.4. The third-order valence-corrected chi connectivity index (χ3v) is 6.97. The number of esters is 1. The smallest absolute Gasteiger partial charge is 0.337 e. The van der Waals surface area contributed by atoms with E-state index in [1.807, 2.05) is 0 Å². The van der Waals surface area contributed by atoms with Crippen molar-refractivity contribution < 1.29 is 38.0 Å². The number of nitrogens with one attached hydrogen (secondary N) is 3. The first-order valence-electron chi connectivity index (χ1n) is 13.6. The lowest BCUT2D eigenvalue weighted by Gasteiger charge is -2.28. The van der Waals surface area contributed by atoms with Gasteiger partial charge in [0.05, 0.1) is 36.0 Å². The highest BCUT2D eigenvalue weighted by Crippen LogP contribution is 2.35. The highest BCUT2D eigenvalue weighted by atomic mass is 79.9. The fourth-order valence-corrected chi connectivity index (χ4v) is 4.83. The standard InChI is InChI=1S/C31H32BrFN4O7/c1-4-42-26-14-21(29-28(30(39)41-3)18(2)35-31(40)36-29)9-11-25(26)44-17-27(38)37-34-15-19-8-10-24(23(32)13-19)43-16-20-6-5-7-22(33)12-20/h5-15,27,29,37-38H,4,16-17H2,1-3H3,(H2,35,36,40)/b34-15-/t27-,29+/m1/s1. The molecule has 232 valence electrons. The molecule has 4 N–H and O–H groups in total. The van der Waals surface area contributed by atoms with Crippen molar-refractivity contribution in [1.82, 2.24) is 16.1 Å². The summed E-state index contributed by atoms with van der Waals surface area (Å²) in [5.41, 5.74) is 5.27. The Hall–Kier alpha value is -4.62. The van der Waals surface area contributed by atoms with Crippen LogP contribution in [0.15, 0.2) is 81.5 Å². The zero-order chi connectivity index (χ0) is 31.6. The summed E-state index contributed by atoms with van der Waals surface area (Å²) in [6.45, 7) is 3.80. The molecule has 2 amide bonds. The molecule has 0 fully saturated rings. The predicted octanol–water partition coefficient (Wildman–Crippen LogP) is 4.69. The van der Waals surface area contributed by atoms with Gasteiger partial charge < -0.3 is 34.7 Å².